The number of benzene rings is 1. The van der Waals surface area contributed by atoms with Crippen molar-refractivity contribution in [3.63, 3.8) is 0 Å². The molecule has 1 unspecified atom stereocenters. The summed E-state index contributed by atoms with van der Waals surface area (Å²) in [6.45, 7) is 8.45. The van der Waals surface area contributed by atoms with Gasteiger partial charge in [0.05, 0.1) is 24.2 Å². The quantitative estimate of drug-likeness (QED) is 0.889. The maximum absolute atomic E-state index is 12.1. The average Bonchev–Trinajstić information content (AvgIpc) is 2.62. The van der Waals surface area contributed by atoms with Crippen LogP contribution in [0.25, 0.3) is 0 Å². The third-order valence-electron chi connectivity index (χ3n) is 4.08. The summed E-state index contributed by atoms with van der Waals surface area (Å²) in [5, 5.41) is 2.74. The molecule has 0 aliphatic carbocycles. The van der Waals surface area contributed by atoms with E-state index in [1.165, 1.54) is 11.9 Å². The Labute approximate surface area is 159 Å². The molecule has 1 saturated heterocycles. The molecule has 1 N–H and O–H groups in total. The third kappa shape index (κ3) is 5.74. The zero-order valence-corrected chi connectivity index (χ0v) is 16.0. The van der Waals surface area contributed by atoms with Crippen molar-refractivity contribution in [2.75, 3.05) is 25.0 Å². The van der Waals surface area contributed by atoms with E-state index in [9.17, 15) is 4.79 Å². The highest BCUT2D eigenvalue weighted by Crippen LogP contribution is 2.27. The van der Waals surface area contributed by atoms with Crippen LogP contribution in [-0.2, 0) is 16.0 Å². The fourth-order valence-electron chi connectivity index (χ4n) is 2.96. The normalized spacial score (nSPS) is 18.1. The summed E-state index contributed by atoms with van der Waals surface area (Å²) >= 11 is 0. The van der Waals surface area contributed by atoms with Gasteiger partial charge in [0.2, 0.25) is 0 Å². The van der Waals surface area contributed by atoms with Crippen molar-refractivity contribution in [2.24, 2.45) is 0 Å². The number of nitrogens with one attached hydrogen (secondary N) is 1. The van der Waals surface area contributed by atoms with Gasteiger partial charge < -0.3 is 9.47 Å². The summed E-state index contributed by atoms with van der Waals surface area (Å²) in [6, 6.07) is 10.3. The molecular formula is C20H26N4O3. The van der Waals surface area contributed by atoms with E-state index in [1.807, 2.05) is 39.0 Å². The summed E-state index contributed by atoms with van der Waals surface area (Å²) in [4.78, 5) is 22.8. The number of hydrogen-bond donors (Lipinski definition) is 1. The highest BCUT2D eigenvalue weighted by molar-refractivity contribution is 5.85. The Bertz CT molecular complexity index is 761. The van der Waals surface area contributed by atoms with Crippen molar-refractivity contribution in [1.29, 1.82) is 0 Å². The number of amides is 1. The lowest BCUT2D eigenvalue weighted by Crippen LogP contribution is -2.38. The van der Waals surface area contributed by atoms with Crippen LogP contribution in [0, 0.1) is 0 Å². The van der Waals surface area contributed by atoms with Crippen LogP contribution in [-0.4, -0.2) is 46.3 Å². The molecule has 2 aromatic rings. The van der Waals surface area contributed by atoms with Crippen LogP contribution in [0.4, 0.5) is 10.5 Å². The highest BCUT2D eigenvalue weighted by Gasteiger charge is 2.27. The second-order valence-corrected chi connectivity index (χ2v) is 7.53. The Kier molecular flexibility index (Phi) is 6.03. The number of ether oxygens (including phenoxy) is 2. The Hall–Kier alpha value is -2.51. The Morgan fingerprint density at radius 1 is 1.33 bits per heavy atom. The van der Waals surface area contributed by atoms with Crippen LogP contribution >= 0.6 is 0 Å². The molecule has 144 valence electrons. The second-order valence-electron chi connectivity index (χ2n) is 7.53. The predicted molar refractivity (Wildman–Crippen MR) is 102 cm³/mol. The van der Waals surface area contributed by atoms with E-state index in [2.05, 4.69) is 32.3 Å². The summed E-state index contributed by atoms with van der Waals surface area (Å²) in [6.07, 6.45) is 2.27. The van der Waals surface area contributed by atoms with Gasteiger partial charge in [-0.15, -0.1) is 0 Å². The molecule has 0 spiro atoms. The number of anilines is 1. The average molecular weight is 370 g/mol. The maximum Gasteiger partial charge on any atom is 0.412 e. The van der Waals surface area contributed by atoms with E-state index in [0.717, 1.165) is 13.1 Å². The summed E-state index contributed by atoms with van der Waals surface area (Å²) in [5.74, 6) is 0. The molecule has 1 aromatic heterocycles. The first kappa shape index (κ1) is 19.3. The summed E-state index contributed by atoms with van der Waals surface area (Å²) < 4.78 is 11.3. The summed E-state index contributed by atoms with van der Waals surface area (Å²) in [5.41, 5.74) is 1.85. The van der Waals surface area contributed by atoms with E-state index in [1.54, 1.807) is 6.20 Å². The molecule has 1 atom stereocenters. The maximum atomic E-state index is 12.1. The molecule has 1 aliphatic rings. The van der Waals surface area contributed by atoms with Gasteiger partial charge in [-0.2, -0.15) is 0 Å². The second kappa shape index (κ2) is 8.45. The monoisotopic (exact) mass is 370 g/mol. The minimum Gasteiger partial charge on any atom is -0.444 e. The fraction of sp³-hybridized carbons (Fsp3) is 0.450. The largest absolute Gasteiger partial charge is 0.444 e. The molecule has 1 fully saturated rings. The van der Waals surface area contributed by atoms with E-state index in [4.69, 9.17) is 9.47 Å². The molecule has 7 heteroatoms. The summed E-state index contributed by atoms with van der Waals surface area (Å²) in [7, 11) is 0. The lowest BCUT2D eigenvalue weighted by Gasteiger charge is -2.33. The van der Waals surface area contributed by atoms with Crippen LogP contribution in [0.1, 0.15) is 38.1 Å². The van der Waals surface area contributed by atoms with Crippen molar-refractivity contribution in [3.05, 3.63) is 54.1 Å². The number of hydrogen-bond acceptors (Lipinski definition) is 6. The topological polar surface area (TPSA) is 76.6 Å². The molecule has 0 radical (unpaired) electrons. The van der Waals surface area contributed by atoms with Gasteiger partial charge in [-0.05, 0) is 26.3 Å². The van der Waals surface area contributed by atoms with Crippen LogP contribution in [0.2, 0.25) is 0 Å². The van der Waals surface area contributed by atoms with Crippen molar-refractivity contribution < 1.29 is 14.3 Å². The number of nitrogens with zero attached hydrogens (tertiary/aromatic N) is 3. The van der Waals surface area contributed by atoms with Gasteiger partial charge >= 0.3 is 6.09 Å². The zero-order chi connectivity index (χ0) is 19.3. The first-order valence-electron chi connectivity index (χ1n) is 9.08. The molecule has 7 nitrogen and oxygen atoms in total. The van der Waals surface area contributed by atoms with Crippen molar-refractivity contribution in [2.45, 2.75) is 39.0 Å². The van der Waals surface area contributed by atoms with Crippen LogP contribution in [0.3, 0.4) is 0 Å². The van der Waals surface area contributed by atoms with Gasteiger partial charge in [-0.25, -0.2) is 14.8 Å². The molecular weight excluding hydrogens is 344 g/mol. The Morgan fingerprint density at radius 2 is 2.11 bits per heavy atom. The van der Waals surface area contributed by atoms with Crippen molar-refractivity contribution >= 4 is 11.8 Å². The smallest absolute Gasteiger partial charge is 0.412 e. The van der Waals surface area contributed by atoms with E-state index in [-0.39, 0.29) is 6.10 Å². The molecule has 2 heterocycles. The minimum absolute atomic E-state index is 0.240. The molecule has 0 saturated carbocycles. The SMILES string of the molecule is CC(C)(C)OC(=O)Nc1cncnc1C1CN(Cc2ccccc2)CCO1. The predicted octanol–water partition coefficient (Wildman–Crippen LogP) is 3.40. The number of rotatable bonds is 4. The van der Waals surface area contributed by atoms with E-state index < -0.39 is 11.7 Å². The Balaban J connectivity index is 1.69. The van der Waals surface area contributed by atoms with Crippen molar-refractivity contribution in [3.8, 4) is 0 Å². The number of carbonyl (C=O) groups excluding carboxylic acids is 1. The first-order valence-corrected chi connectivity index (χ1v) is 9.08. The van der Waals surface area contributed by atoms with Crippen LogP contribution in [0.15, 0.2) is 42.9 Å². The standard InChI is InChI=1S/C20H26N4O3/c1-20(2,3)27-19(25)23-16-11-21-14-22-18(16)17-13-24(9-10-26-17)12-15-7-5-4-6-8-15/h4-8,11,14,17H,9-10,12-13H2,1-3H3,(H,23,25). The van der Waals surface area contributed by atoms with E-state index >= 15 is 0 Å². The van der Waals surface area contributed by atoms with Gasteiger partial charge in [-0.3, -0.25) is 10.2 Å². The number of aromatic nitrogens is 2. The molecule has 1 aromatic carbocycles. The number of carbonyl (C=O) groups is 1. The highest BCUT2D eigenvalue weighted by atomic mass is 16.6. The van der Waals surface area contributed by atoms with Gasteiger partial charge in [0.15, 0.2) is 0 Å². The van der Waals surface area contributed by atoms with Crippen LogP contribution < -0.4 is 5.32 Å². The molecule has 1 amide bonds. The fourth-order valence-corrected chi connectivity index (χ4v) is 2.96. The third-order valence-corrected chi connectivity index (χ3v) is 4.08. The Morgan fingerprint density at radius 3 is 2.85 bits per heavy atom. The lowest BCUT2D eigenvalue weighted by molar-refractivity contribution is -0.0346. The molecule has 27 heavy (non-hydrogen) atoms. The molecule has 0 bridgehead atoms. The molecule has 3 rings (SSSR count). The van der Waals surface area contributed by atoms with Gasteiger partial charge in [0, 0.05) is 19.6 Å². The zero-order valence-electron chi connectivity index (χ0n) is 16.0. The van der Waals surface area contributed by atoms with Gasteiger partial charge in [0.25, 0.3) is 0 Å². The first-order chi connectivity index (χ1) is 12.9. The van der Waals surface area contributed by atoms with Gasteiger partial charge in [0.1, 0.15) is 18.0 Å². The van der Waals surface area contributed by atoms with E-state index in [0.29, 0.717) is 24.5 Å². The number of morpholine rings is 1. The minimum atomic E-state index is -0.576. The molecule has 1 aliphatic heterocycles. The van der Waals surface area contributed by atoms with Crippen molar-refractivity contribution in [1.82, 2.24) is 14.9 Å². The van der Waals surface area contributed by atoms with Gasteiger partial charge in [-0.1, -0.05) is 30.3 Å². The lowest BCUT2D eigenvalue weighted by atomic mass is 10.1. The van der Waals surface area contributed by atoms with Crippen LogP contribution in [0.5, 0.6) is 0 Å².